The second-order valence-electron chi connectivity index (χ2n) is 6.15. The highest BCUT2D eigenvalue weighted by Gasteiger charge is 2.39. The summed E-state index contributed by atoms with van der Waals surface area (Å²) in [5.74, 6) is -3.04. The van der Waals surface area contributed by atoms with Gasteiger partial charge in [0, 0.05) is 26.1 Å². The molecule has 2 rings (SSSR count). The Bertz CT molecular complexity index is 805. The van der Waals surface area contributed by atoms with Crippen LogP contribution in [0.2, 0.25) is 0 Å². The molecule has 136 valence electrons. The first-order valence-electron chi connectivity index (χ1n) is 7.56. The van der Waals surface area contributed by atoms with E-state index in [1.807, 2.05) is 0 Å². The van der Waals surface area contributed by atoms with Crippen LogP contribution in [-0.4, -0.2) is 32.2 Å². The Morgan fingerprint density at radius 1 is 1.08 bits per heavy atom. The summed E-state index contributed by atoms with van der Waals surface area (Å²) in [5.41, 5.74) is -0.156. The molecular weight excluding hydrogens is 348 g/mol. The van der Waals surface area contributed by atoms with E-state index in [1.54, 1.807) is 26.0 Å². The molecular formula is C16H20N2O6S. The van der Waals surface area contributed by atoms with Gasteiger partial charge in [-0.3, -0.25) is 0 Å². The molecule has 0 atom stereocenters. The molecule has 1 heterocycles. The molecule has 1 fully saturated rings. The molecule has 1 aromatic rings. The summed E-state index contributed by atoms with van der Waals surface area (Å²) >= 11 is 0. The summed E-state index contributed by atoms with van der Waals surface area (Å²) in [7, 11) is -3.76. The third-order valence-corrected chi connectivity index (χ3v) is 4.77. The van der Waals surface area contributed by atoms with Crippen LogP contribution >= 0.6 is 0 Å². The van der Waals surface area contributed by atoms with E-state index in [0.29, 0.717) is 0 Å². The van der Waals surface area contributed by atoms with Gasteiger partial charge in [-0.1, -0.05) is 12.1 Å². The van der Waals surface area contributed by atoms with Gasteiger partial charge in [-0.25, -0.2) is 22.7 Å². The molecule has 0 aromatic heterocycles. The van der Waals surface area contributed by atoms with Crippen molar-refractivity contribution >= 4 is 27.6 Å². The number of anilines is 1. The second kappa shape index (κ2) is 6.85. The van der Waals surface area contributed by atoms with Crippen molar-refractivity contribution in [3.05, 3.63) is 36.0 Å². The number of benzene rings is 1. The van der Waals surface area contributed by atoms with E-state index in [2.05, 4.69) is 10.0 Å². The summed E-state index contributed by atoms with van der Waals surface area (Å²) < 4.78 is 37.2. The smallest absolute Gasteiger partial charge is 0.350 e. The van der Waals surface area contributed by atoms with Crippen molar-refractivity contribution in [1.82, 2.24) is 4.72 Å². The van der Waals surface area contributed by atoms with E-state index in [9.17, 15) is 18.0 Å². The lowest BCUT2D eigenvalue weighted by Crippen LogP contribution is -2.42. The van der Waals surface area contributed by atoms with Gasteiger partial charge in [-0.05, 0) is 26.0 Å². The Labute approximate surface area is 146 Å². The van der Waals surface area contributed by atoms with Gasteiger partial charge in [0.15, 0.2) is 5.57 Å². The minimum absolute atomic E-state index is 0.0153. The normalized spacial score (nSPS) is 17.1. The highest BCUT2D eigenvalue weighted by Crippen LogP contribution is 2.24. The maximum Gasteiger partial charge on any atom is 0.350 e. The summed E-state index contributed by atoms with van der Waals surface area (Å²) in [4.78, 5) is 23.8. The third-order valence-electron chi connectivity index (χ3n) is 3.06. The zero-order chi connectivity index (χ0) is 18.8. The molecule has 1 aliphatic heterocycles. The Balaban J connectivity index is 2.31. The van der Waals surface area contributed by atoms with Crippen molar-refractivity contribution in [3.8, 4) is 0 Å². The lowest BCUT2D eigenvalue weighted by atomic mass is 10.2. The average Bonchev–Trinajstić information content (AvgIpc) is 2.44. The lowest BCUT2D eigenvalue weighted by Gasteiger charge is -2.29. The van der Waals surface area contributed by atoms with Gasteiger partial charge in [0.25, 0.3) is 5.79 Å². The highest BCUT2D eigenvalue weighted by molar-refractivity contribution is 7.89. The molecule has 0 radical (unpaired) electrons. The highest BCUT2D eigenvalue weighted by atomic mass is 32.2. The minimum atomic E-state index is -3.76. The van der Waals surface area contributed by atoms with Crippen LogP contribution in [0.1, 0.15) is 27.7 Å². The molecule has 0 aliphatic carbocycles. The second-order valence-corrected chi connectivity index (χ2v) is 7.84. The molecule has 9 heteroatoms. The number of cyclic esters (lactones) is 2. The first-order chi connectivity index (χ1) is 11.5. The van der Waals surface area contributed by atoms with Crippen LogP contribution in [0.15, 0.2) is 40.9 Å². The number of esters is 2. The van der Waals surface area contributed by atoms with Gasteiger partial charge < -0.3 is 14.8 Å². The lowest BCUT2D eigenvalue weighted by molar-refractivity contribution is -0.222. The van der Waals surface area contributed by atoms with Crippen molar-refractivity contribution < 1.29 is 27.5 Å². The SMILES string of the molecule is CC(C)NS(=O)(=O)c1ccccc1NC=C1C(=O)OC(C)(C)OC1=O. The van der Waals surface area contributed by atoms with Crippen LogP contribution in [0.5, 0.6) is 0 Å². The predicted molar refractivity (Wildman–Crippen MR) is 89.9 cm³/mol. The standard InChI is InChI=1S/C16H20N2O6S/c1-10(2)18-25(21,22)13-8-6-5-7-12(13)17-9-11-14(19)23-16(3,4)24-15(11)20/h5-10,17-18H,1-4H3. The van der Waals surface area contributed by atoms with Crippen molar-refractivity contribution in [3.63, 3.8) is 0 Å². The Morgan fingerprint density at radius 3 is 2.20 bits per heavy atom. The van der Waals surface area contributed by atoms with Crippen molar-refractivity contribution in [2.75, 3.05) is 5.32 Å². The van der Waals surface area contributed by atoms with Gasteiger partial charge in [0.1, 0.15) is 4.90 Å². The van der Waals surface area contributed by atoms with E-state index in [-0.39, 0.29) is 22.2 Å². The number of carbonyl (C=O) groups is 2. The Morgan fingerprint density at radius 2 is 1.64 bits per heavy atom. The van der Waals surface area contributed by atoms with Crippen molar-refractivity contribution in [2.45, 2.75) is 44.4 Å². The number of hydrogen-bond acceptors (Lipinski definition) is 7. The molecule has 8 nitrogen and oxygen atoms in total. The molecule has 25 heavy (non-hydrogen) atoms. The zero-order valence-electron chi connectivity index (χ0n) is 14.3. The van der Waals surface area contributed by atoms with Crippen LogP contribution in [0.25, 0.3) is 0 Å². The van der Waals surface area contributed by atoms with Crippen LogP contribution < -0.4 is 10.0 Å². The summed E-state index contributed by atoms with van der Waals surface area (Å²) in [6.45, 7) is 6.27. The van der Waals surface area contributed by atoms with Crippen LogP contribution in [-0.2, 0) is 29.1 Å². The molecule has 2 N–H and O–H groups in total. The third kappa shape index (κ3) is 4.58. The summed E-state index contributed by atoms with van der Waals surface area (Å²) in [5, 5.41) is 2.67. The molecule has 1 saturated heterocycles. The zero-order valence-corrected chi connectivity index (χ0v) is 15.1. The maximum atomic E-state index is 12.4. The van der Waals surface area contributed by atoms with Crippen molar-refractivity contribution in [2.24, 2.45) is 0 Å². The van der Waals surface area contributed by atoms with Gasteiger partial charge >= 0.3 is 11.9 Å². The number of carbonyl (C=O) groups excluding carboxylic acids is 2. The van der Waals surface area contributed by atoms with Gasteiger partial charge in [-0.15, -0.1) is 0 Å². The molecule has 1 aromatic carbocycles. The van der Waals surface area contributed by atoms with Gasteiger partial charge in [0.2, 0.25) is 10.0 Å². The van der Waals surface area contributed by atoms with E-state index < -0.39 is 27.7 Å². The van der Waals surface area contributed by atoms with Crippen LogP contribution in [0.4, 0.5) is 5.69 Å². The summed E-state index contributed by atoms with van der Waals surface area (Å²) in [6.07, 6.45) is 1.07. The van der Waals surface area contributed by atoms with Crippen LogP contribution in [0, 0.1) is 0 Å². The maximum absolute atomic E-state index is 12.4. The molecule has 0 spiro atoms. The number of sulfonamides is 1. The average molecular weight is 368 g/mol. The number of nitrogens with one attached hydrogen (secondary N) is 2. The first-order valence-corrected chi connectivity index (χ1v) is 9.05. The number of rotatable bonds is 5. The van der Waals surface area contributed by atoms with E-state index in [1.165, 1.54) is 26.0 Å². The number of ether oxygens (including phenoxy) is 2. The molecule has 0 saturated carbocycles. The van der Waals surface area contributed by atoms with E-state index in [0.717, 1.165) is 6.20 Å². The monoisotopic (exact) mass is 368 g/mol. The van der Waals surface area contributed by atoms with E-state index in [4.69, 9.17) is 9.47 Å². The molecule has 0 amide bonds. The van der Waals surface area contributed by atoms with Crippen molar-refractivity contribution in [1.29, 1.82) is 0 Å². The summed E-state index contributed by atoms with van der Waals surface area (Å²) in [6, 6.07) is 5.82. The Kier molecular flexibility index (Phi) is 5.19. The fraction of sp³-hybridized carbons (Fsp3) is 0.375. The van der Waals surface area contributed by atoms with Crippen LogP contribution in [0.3, 0.4) is 0 Å². The quantitative estimate of drug-likeness (QED) is 0.460. The molecule has 0 bridgehead atoms. The van der Waals surface area contributed by atoms with Gasteiger partial charge in [0.05, 0.1) is 5.69 Å². The minimum Gasteiger partial charge on any atom is -0.419 e. The van der Waals surface area contributed by atoms with E-state index >= 15 is 0 Å². The van der Waals surface area contributed by atoms with Gasteiger partial charge in [-0.2, -0.15) is 0 Å². The number of hydrogen-bond donors (Lipinski definition) is 2. The Hall–Kier alpha value is -2.39. The number of para-hydroxylation sites is 1. The first kappa shape index (κ1) is 18.9. The predicted octanol–water partition coefficient (Wildman–Crippen LogP) is 1.51. The fourth-order valence-corrected chi connectivity index (χ4v) is 3.54. The molecule has 0 unspecified atom stereocenters. The largest absolute Gasteiger partial charge is 0.419 e. The topological polar surface area (TPSA) is 111 Å². The molecule has 1 aliphatic rings. The fourth-order valence-electron chi connectivity index (χ4n) is 2.12.